The normalized spacial score (nSPS) is 10.8. The number of nitrogens with zero attached hydrogens (tertiary/aromatic N) is 1. The number of hydrogen-bond donors (Lipinski definition) is 2. The maximum absolute atomic E-state index is 12.0. The summed E-state index contributed by atoms with van der Waals surface area (Å²) in [5.41, 5.74) is 5.49. The predicted molar refractivity (Wildman–Crippen MR) is 63.5 cm³/mol. The van der Waals surface area contributed by atoms with Crippen molar-refractivity contribution in [2.45, 2.75) is 19.9 Å². The van der Waals surface area contributed by atoms with E-state index in [0.29, 0.717) is 17.6 Å². The molecule has 0 unspecified atom stereocenters. The lowest BCUT2D eigenvalue weighted by Gasteiger charge is -2.06. The Kier molecular flexibility index (Phi) is 2.52. The lowest BCUT2D eigenvalue weighted by molar-refractivity contribution is 0.567. The fourth-order valence-corrected chi connectivity index (χ4v) is 1.76. The number of nitrogen functional groups attached to an aromatic ring is 1. The molecule has 0 saturated carbocycles. The molecule has 2 rings (SSSR count). The van der Waals surface area contributed by atoms with Gasteiger partial charge >= 0.3 is 0 Å². The van der Waals surface area contributed by atoms with Crippen molar-refractivity contribution >= 4 is 16.5 Å². The molecule has 0 aliphatic rings. The Bertz CT molecular complexity index is 640. The minimum atomic E-state index is -0.318. The van der Waals surface area contributed by atoms with Gasteiger partial charge in [-0.25, -0.2) is 4.68 Å². The maximum Gasteiger partial charge on any atom is 0.273 e. The second kappa shape index (κ2) is 3.84. The molecule has 0 atom stereocenters. The first-order valence-electron chi connectivity index (χ1n) is 5.16. The van der Waals surface area contributed by atoms with Crippen LogP contribution in [0.4, 0.5) is 5.69 Å². The Morgan fingerprint density at radius 1 is 1.38 bits per heavy atom. The summed E-state index contributed by atoms with van der Waals surface area (Å²) in [6, 6.07) is 4.91. The molecule has 84 valence electrons. The number of anilines is 1. The van der Waals surface area contributed by atoms with Crippen LogP contribution in [-0.2, 0) is 6.54 Å². The molecule has 0 radical (unpaired) electrons. The van der Waals surface area contributed by atoms with E-state index < -0.39 is 0 Å². The van der Waals surface area contributed by atoms with Crippen LogP contribution in [0, 0.1) is 0 Å². The number of aromatic nitrogens is 2. The van der Waals surface area contributed by atoms with E-state index >= 15 is 0 Å². The average molecular weight is 219 g/mol. The van der Waals surface area contributed by atoms with E-state index in [9.17, 15) is 9.59 Å². The molecular formula is C11H13N3O2. The van der Waals surface area contributed by atoms with Crippen LogP contribution in [0.15, 0.2) is 27.8 Å². The molecule has 0 spiro atoms. The van der Waals surface area contributed by atoms with Crippen molar-refractivity contribution in [3.8, 4) is 0 Å². The van der Waals surface area contributed by atoms with E-state index in [-0.39, 0.29) is 16.5 Å². The molecule has 3 N–H and O–H groups in total. The van der Waals surface area contributed by atoms with E-state index in [1.54, 1.807) is 18.2 Å². The summed E-state index contributed by atoms with van der Waals surface area (Å²) < 4.78 is 1.32. The molecule has 1 heterocycles. The van der Waals surface area contributed by atoms with Crippen LogP contribution in [0.2, 0.25) is 0 Å². The smallest absolute Gasteiger partial charge is 0.273 e. The second-order valence-corrected chi connectivity index (χ2v) is 3.67. The van der Waals surface area contributed by atoms with Crippen LogP contribution in [0.3, 0.4) is 0 Å². The van der Waals surface area contributed by atoms with E-state index in [0.717, 1.165) is 6.42 Å². The van der Waals surface area contributed by atoms with Crippen molar-refractivity contribution in [2.24, 2.45) is 0 Å². The quantitative estimate of drug-likeness (QED) is 0.729. The zero-order valence-electron chi connectivity index (χ0n) is 8.99. The van der Waals surface area contributed by atoms with E-state index in [2.05, 4.69) is 5.10 Å². The molecule has 5 nitrogen and oxygen atoms in total. The van der Waals surface area contributed by atoms with Gasteiger partial charge in [-0.15, -0.1) is 0 Å². The molecule has 0 aliphatic heterocycles. The van der Waals surface area contributed by atoms with Crippen molar-refractivity contribution in [1.82, 2.24) is 9.78 Å². The second-order valence-electron chi connectivity index (χ2n) is 3.67. The fourth-order valence-electron chi connectivity index (χ4n) is 1.76. The number of nitrogens with two attached hydrogens (primary N) is 1. The van der Waals surface area contributed by atoms with Gasteiger partial charge in [0.1, 0.15) is 0 Å². The van der Waals surface area contributed by atoms with Crippen molar-refractivity contribution in [2.75, 3.05) is 5.73 Å². The standard InChI is InChI=1S/C11H13N3O2/c1-2-6-14-11(16)7-4-3-5-8(12)9(7)10(15)13-14/h3-5H,2,6,12H2,1H3,(H,13,15). The van der Waals surface area contributed by atoms with Gasteiger partial charge in [-0.05, 0) is 18.6 Å². The third-order valence-corrected chi connectivity index (χ3v) is 2.48. The molecule has 1 aromatic heterocycles. The minimum absolute atomic E-state index is 0.205. The molecule has 0 bridgehead atoms. The summed E-state index contributed by atoms with van der Waals surface area (Å²) in [5.74, 6) is 0. The zero-order chi connectivity index (χ0) is 11.7. The fraction of sp³-hybridized carbons (Fsp3) is 0.273. The zero-order valence-corrected chi connectivity index (χ0v) is 8.99. The van der Waals surface area contributed by atoms with Crippen LogP contribution < -0.4 is 16.9 Å². The van der Waals surface area contributed by atoms with Gasteiger partial charge in [-0.2, -0.15) is 0 Å². The summed E-state index contributed by atoms with van der Waals surface area (Å²) in [7, 11) is 0. The molecule has 1 aromatic carbocycles. The Hall–Kier alpha value is -2.04. The number of rotatable bonds is 2. The first-order chi connectivity index (χ1) is 7.65. The molecule has 2 aromatic rings. The molecule has 5 heteroatoms. The summed E-state index contributed by atoms with van der Waals surface area (Å²) in [4.78, 5) is 23.7. The predicted octanol–water partition coefficient (Wildman–Crippen LogP) is 0.682. The van der Waals surface area contributed by atoms with Crippen LogP contribution in [0.25, 0.3) is 10.8 Å². The molecule has 0 fully saturated rings. The lowest BCUT2D eigenvalue weighted by Crippen LogP contribution is -2.30. The molecular weight excluding hydrogens is 206 g/mol. The van der Waals surface area contributed by atoms with E-state index in [1.165, 1.54) is 4.68 Å². The number of fused-ring (bicyclic) bond motifs is 1. The SMILES string of the molecule is CCCn1[nH]c(=O)c2c(N)cccc2c1=O. The van der Waals surface area contributed by atoms with E-state index in [1.807, 2.05) is 6.92 Å². The highest BCUT2D eigenvalue weighted by Crippen LogP contribution is 2.12. The highest BCUT2D eigenvalue weighted by atomic mass is 16.2. The first kappa shape index (κ1) is 10.5. The number of H-pyrrole nitrogens is 1. The highest BCUT2D eigenvalue weighted by molar-refractivity contribution is 5.91. The van der Waals surface area contributed by atoms with Crippen LogP contribution in [0.5, 0.6) is 0 Å². The van der Waals surface area contributed by atoms with Gasteiger partial charge in [-0.3, -0.25) is 14.7 Å². The van der Waals surface area contributed by atoms with Gasteiger partial charge in [0.15, 0.2) is 0 Å². The molecule has 0 saturated heterocycles. The van der Waals surface area contributed by atoms with Gasteiger partial charge in [0.05, 0.1) is 10.8 Å². The monoisotopic (exact) mass is 219 g/mol. The molecule has 0 amide bonds. The maximum atomic E-state index is 12.0. The molecule has 16 heavy (non-hydrogen) atoms. The lowest BCUT2D eigenvalue weighted by atomic mass is 10.1. The number of nitrogens with one attached hydrogen (secondary N) is 1. The van der Waals surface area contributed by atoms with Crippen LogP contribution in [0.1, 0.15) is 13.3 Å². The van der Waals surface area contributed by atoms with Crippen molar-refractivity contribution < 1.29 is 0 Å². The first-order valence-corrected chi connectivity index (χ1v) is 5.16. The van der Waals surface area contributed by atoms with Crippen molar-refractivity contribution in [3.05, 3.63) is 38.9 Å². The summed E-state index contributed by atoms with van der Waals surface area (Å²) in [5, 5.41) is 3.18. The van der Waals surface area contributed by atoms with Crippen LogP contribution in [-0.4, -0.2) is 9.78 Å². The van der Waals surface area contributed by atoms with Gasteiger partial charge < -0.3 is 5.73 Å². The minimum Gasteiger partial charge on any atom is -0.398 e. The summed E-state index contributed by atoms with van der Waals surface area (Å²) in [6.07, 6.45) is 0.781. The van der Waals surface area contributed by atoms with Gasteiger partial charge in [0, 0.05) is 12.2 Å². The van der Waals surface area contributed by atoms with E-state index in [4.69, 9.17) is 5.73 Å². The van der Waals surface area contributed by atoms with Gasteiger partial charge in [-0.1, -0.05) is 13.0 Å². The Morgan fingerprint density at radius 2 is 2.12 bits per heavy atom. The molecule has 0 aliphatic carbocycles. The summed E-state index contributed by atoms with van der Waals surface area (Å²) in [6.45, 7) is 2.44. The Morgan fingerprint density at radius 3 is 2.81 bits per heavy atom. The van der Waals surface area contributed by atoms with Crippen molar-refractivity contribution in [1.29, 1.82) is 0 Å². The Labute approximate surface area is 91.5 Å². The van der Waals surface area contributed by atoms with Crippen molar-refractivity contribution in [3.63, 3.8) is 0 Å². The topological polar surface area (TPSA) is 80.9 Å². The number of hydrogen-bond acceptors (Lipinski definition) is 3. The highest BCUT2D eigenvalue weighted by Gasteiger charge is 2.08. The third kappa shape index (κ3) is 1.50. The average Bonchev–Trinajstić information content (AvgIpc) is 2.25. The van der Waals surface area contributed by atoms with Gasteiger partial charge in [0.25, 0.3) is 11.1 Å². The third-order valence-electron chi connectivity index (χ3n) is 2.48. The van der Waals surface area contributed by atoms with Gasteiger partial charge in [0.2, 0.25) is 0 Å². The number of aryl methyl sites for hydroxylation is 1. The Balaban J connectivity index is 2.91. The largest absolute Gasteiger partial charge is 0.398 e. The van der Waals surface area contributed by atoms with Crippen LogP contribution >= 0.6 is 0 Å². The summed E-state index contributed by atoms with van der Waals surface area (Å²) >= 11 is 0. The number of benzene rings is 1. The number of aromatic amines is 1.